The van der Waals surface area contributed by atoms with E-state index in [0.29, 0.717) is 0 Å². The van der Waals surface area contributed by atoms with Gasteiger partial charge < -0.3 is 0 Å². The van der Waals surface area contributed by atoms with Gasteiger partial charge in [-0.1, -0.05) is 152 Å². The number of allylic oxidation sites excluding steroid dienone is 4. The zero-order valence-electron chi connectivity index (χ0n) is 27.0. The first-order valence-electron chi connectivity index (χ1n) is 17.1. The maximum Gasteiger partial charge on any atom is 0.156 e. The molecule has 0 radical (unpaired) electrons. The molecule has 0 unspecified atom stereocenters. The Morgan fingerprint density at radius 3 is 1.63 bits per heavy atom. The van der Waals surface area contributed by atoms with Crippen LogP contribution in [0.1, 0.15) is 40.9 Å². The minimum Gasteiger partial charge on any atom is -0.228 e. The molecule has 1 aromatic heterocycles. The Morgan fingerprint density at radius 2 is 0.980 bits per heavy atom. The second kappa shape index (κ2) is 11.0. The van der Waals surface area contributed by atoms with Crippen molar-refractivity contribution in [3.05, 3.63) is 198 Å². The fraction of sp³-hybridized carbons (Fsp3) is 0.0638. The van der Waals surface area contributed by atoms with E-state index in [2.05, 4.69) is 164 Å². The summed E-state index contributed by atoms with van der Waals surface area (Å²) >= 11 is 0. The summed E-state index contributed by atoms with van der Waals surface area (Å²) in [6.07, 6.45) is 8.44. The van der Waals surface area contributed by atoms with Gasteiger partial charge in [0.05, 0.1) is 16.8 Å². The molecule has 1 heterocycles. The van der Waals surface area contributed by atoms with Crippen molar-refractivity contribution >= 4 is 5.57 Å². The molecule has 0 saturated carbocycles. The summed E-state index contributed by atoms with van der Waals surface area (Å²) in [4.78, 5) is 10.2. The quantitative estimate of drug-likeness (QED) is 0.195. The Morgan fingerprint density at radius 1 is 0.429 bits per heavy atom. The van der Waals surface area contributed by atoms with Crippen LogP contribution in [-0.2, 0) is 5.41 Å². The van der Waals surface area contributed by atoms with Crippen LogP contribution < -0.4 is 0 Å². The minimum atomic E-state index is -0.360. The largest absolute Gasteiger partial charge is 0.228 e. The first kappa shape index (κ1) is 27.9. The fourth-order valence-electron chi connectivity index (χ4n) is 8.42. The van der Waals surface area contributed by atoms with Gasteiger partial charge in [0.1, 0.15) is 0 Å². The van der Waals surface area contributed by atoms with E-state index in [1.165, 1.54) is 61.2 Å². The summed E-state index contributed by atoms with van der Waals surface area (Å²) < 4.78 is 0. The van der Waals surface area contributed by atoms with Crippen LogP contribution in [0.25, 0.3) is 61.5 Å². The molecule has 230 valence electrons. The number of rotatable bonds is 4. The molecule has 2 nitrogen and oxygen atoms in total. The molecule has 7 aromatic rings. The summed E-state index contributed by atoms with van der Waals surface area (Å²) in [5, 5.41) is 0. The maximum absolute atomic E-state index is 5.17. The molecule has 2 heteroatoms. The van der Waals surface area contributed by atoms with Crippen LogP contribution in [-0.4, -0.2) is 9.97 Å². The molecule has 1 spiro atoms. The summed E-state index contributed by atoms with van der Waals surface area (Å²) in [6, 6.07) is 55.5. The molecule has 3 aliphatic carbocycles. The maximum atomic E-state index is 5.17. The van der Waals surface area contributed by atoms with Crippen LogP contribution in [0.2, 0.25) is 0 Å². The minimum absolute atomic E-state index is 0.360. The summed E-state index contributed by atoms with van der Waals surface area (Å²) in [7, 11) is 0. The van der Waals surface area contributed by atoms with Gasteiger partial charge in [-0.3, -0.25) is 0 Å². The highest BCUT2D eigenvalue weighted by atomic mass is 14.9. The lowest BCUT2D eigenvalue weighted by Crippen LogP contribution is -2.25. The first-order chi connectivity index (χ1) is 24.3. The molecule has 0 fully saturated rings. The van der Waals surface area contributed by atoms with Crippen molar-refractivity contribution in [2.45, 2.75) is 18.3 Å². The Balaban J connectivity index is 1.15. The topological polar surface area (TPSA) is 25.8 Å². The standard InChI is InChI=1S/C47H32N2/c1-3-14-31(15-4-1)44-30-45(49-46(48-44)32-16-5-2-6-17-32)35-19-13-18-33(28-35)34-26-27-39-38-22-9-12-25-42(38)47(43(39)29-34)40-23-10-7-20-36(40)37-21-8-11-24-41(37)47/h1-5,7-16,18-30H,6,17H2. The van der Waals surface area contributed by atoms with Gasteiger partial charge in [-0.2, -0.15) is 0 Å². The van der Waals surface area contributed by atoms with Crippen LogP contribution in [0.15, 0.2) is 170 Å². The normalized spacial score (nSPS) is 14.6. The molecular weight excluding hydrogens is 593 g/mol. The van der Waals surface area contributed by atoms with Crippen molar-refractivity contribution < 1.29 is 0 Å². The molecule has 0 aliphatic heterocycles. The summed E-state index contributed by atoms with van der Waals surface area (Å²) in [6.45, 7) is 0. The predicted octanol–water partition coefficient (Wildman–Crippen LogP) is 11.6. The second-order valence-electron chi connectivity index (χ2n) is 13.2. The van der Waals surface area contributed by atoms with Crippen LogP contribution in [0.5, 0.6) is 0 Å². The number of hydrogen-bond donors (Lipinski definition) is 0. The van der Waals surface area contributed by atoms with Gasteiger partial charge in [-0.15, -0.1) is 0 Å². The van der Waals surface area contributed by atoms with Crippen LogP contribution >= 0.6 is 0 Å². The predicted molar refractivity (Wildman–Crippen MR) is 201 cm³/mol. The molecule has 0 bridgehead atoms. The third kappa shape index (κ3) is 4.20. The fourth-order valence-corrected chi connectivity index (χ4v) is 8.42. The van der Waals surface area contributed by atoms with Crippen LogP contribution in [0.3, 0.4) is 0 Å². The molecule has 49 heavy (non-hydrogen) atoms. The molecular formula is C47H32N2. The van der Waals surface area contributed by atoms with Gasteiger partial charge >= 0.3 is 0 Å². The highest BCUT2D eigenvalue weighted by Gasteiger charge is 2.51. The lowest BCUT2D eigenvalue weighted by Gasteiger charge is -2.30. The zero-order chi connectivity index (χ0) is 32.4. The number of benzene rings is 6. The summed E-state index contributed by atoms with van der Waals surface area (Å²) in [5.41, 5.74) is 18.0. The van der Waals surface area contributed by atoms with E-state index in [9.17, 15) is 0 Å². The number of fused-ring (bicyclic) bond motifs is 10. The Hall–Kier alpha value is -6.12. The van der Waals surface area contributed by atoms with E-state index in [4.69, 9.17) is 9.97 Å². The average Bonchev–Trinajstić information content (AvgIpc) is 3.66. The molecule has 6 aromatic carbocycles. The van der Waals surface area contributed by atoms with Crippen molar-refractivity contribution in [2.24, 2.45) is 0 Å². The summed E-state index contributed by atoms with van der Waals surface area (Å²) in [5.74, 6) is 0.807. The van der Waals surface area contributed by atoms with Crippen molar-refractivity contribution in [2.75, 3.05) is 0 Å². The Labute approximate surface area is 286 Å². The number of hydrogen-bond acceptors (Lipinski definition) is 2. The van der Waals surface area contributed by atoms with Gasteiger partial charge in [-0.05, 0) is 92.2 Å². The Kier molecular flexibility index (Phi) is 6.25. The molecule has 0 saturated heterocycles. The monoisotopic (exact) mass is 624 g/mol. The number of aromatic nitrogens is 2. The third-order valence-electron chi connectivity index (χ3n) is 10.6. The molecule has 0 N–H and O–H groups in total. The van der Waals surface area contributed by atoms with Gasteiger partial charge in [0, 0.05) is 11.1 Å². The molecule has 10 rings (SSSR count). The molecule has 0 amide bonds. The Bertz CT molecular complexity index is 2440. The van der Waals surface area contributed by atoms with Gasteiger partial charge in [0.15, 0.2) is 5.82 Å². The van der Waals surface area contributed by atoms with E-state index >= 15 is 0 Å². The molecule has 3 aliphatic rings. The van der Waals surface area contributed by atoms with E-state index in [1.54, 1.807) is 0 Å². The zero-order valence-corrected chi connectivity index (χ0v) is 27.0. The SMILES string of the molecule is C1=CCCC(c2nc(-c3ccccc3)cc(-c3cccc(-c4ccc5c(c4)C4(c6ccccc6-c6ccccc64)c4ccccc4-5)c3)n2)=C1. The van der Waals surface area contributed by atoms with Gasteiger partial charge in [-0.25, -0.2) is 9.97 Å². The van der Waals surface area contributed by atoms with Crippen LogP contribution in [0, 0.1) is 0 Å². The van der Waals surface area contributed by atoms with Gasteiger partial charge in [0.25, 0.3) is 0 Å². The van der Waals surface area contributed by atoms with Crippen LogP contribution in [0.4, 0.5) is 0 Å². The van der Waals surface area contributed by atoms with Crippen molar-refractivity contribution in [3.8, 4) is 55.9 Å². The van der Waals surface area contributed by atoms with E-state index in [0.717, 1.165) is 41.2 Å². The smallest absolute Gasteiger partial charge is 0.156 e. The van der Waals surface area contributed by atoms with Gasteiger partial charge in [0.2, 0.25) is 0 Å². The highest BCUT2D eigenvalue weighted by molar-refractivity contribution is 5.96. The molecule has 0 atom stereocenters. The number of nitrogens with zero attached hydrogens (tertiary/aromatic N) is 2. The first-order valence-corrected chi connectivity index (χ1v) is 17.1. The second-order valence-corrected chi connectivity index (χ2v) is 13.2. The lowest BCUT2D eigenvalue weighted by molar-refractivity contribution is 0.794. The van der Waals surface area contributed by atoms with E-state index < -0.39 is 0 Å². The average molecular weight is 625 g/mol. The van der Waals surface area contributed by atoms with Crippen molar-refractivity contribution in [1.29, 1.82) is 0 Å². The van der Waals surface area contributed by atoms with Crippen molar-refractivity contribution in [3.63, 3.8) is 0 Å². The van der Waals surface area contributed by atoms with Crippen molar-refractivity contribution in [1.82, 2.24) is 9.97 Å². The van der Waals surface area contributed by atoms with E-state index in [1.807, 2.05) is 6.07 Å². The van der Waals surface area contributed by atoms with E-state index in [-0.39, 0.29) is 5.41 Å². The lowest BCUT2D eigenvalue weighted by atomic mass is 9.70. The highest BCUT2D eigenvalue weighted by Crippen LogP contribution is 2.63. The third-order valence-corrected chi connectivity index (χ3v) is 10.6.